The normalized spacial score (nSPS) is 11.5. The number of hydrazine groups is 1. The first-order valence-corrected chi connectivity index (χ1v) is 9.78. The average molecular weight is 425 g/mol. The van der Waals surface area contributed by atoms with Crippen LogP contribution in [-0.2, 0) is 16.1 Å². The van der Waals surface area contributed by atoms with Crippen molar-refractivity contribution in [2.75, 3.05) is 6.61 Å². The van der Waals surface area contributed by atoms with Gasteiger partial charge in [-0.1, -0.05) is 17.3 Å². The Hall–Kier alpha value is -3.95. The van der Waals surface area contributed by atoms with Crippen molar-refractivity contribution in [3.63, 3.8) is 0 Å². The third-order valence-electron chi connectivity index (χ3n) is 4.32. The Morgan fingerprint density at radius 1 is 1.06 bits per heavy atom. The van der Waals surface area contributed by atoms with E-state index in [1.54, 1.807) is 55.5 Å². The van der Waals surface area contributed by atoms with Crippen LogP contribution in [0.2, 0.25) is 0 Å². The molecule has 1 heterocycles. The standard InChI is InChI=1S/C21H23N5O5/c1-3-30-15-8-10-16(11-9-15)31-14(2)20(28)24-23-19(27)12-13-26-21(29)17-6-4-5-7-18(17)22-25-26/h4-11,14H,3,12-13H2,1-2H3,(H,23,27)(H,24,28). The molecule has 0 spiro atoms. The second kappa shape index (κ2) is 10.2. The van der Waals surface area contributed by atoms with Crippen molar-refractivity contribution >= 4 is 22.7 Å². The largest absolute Gasteiger partial charge is 0.494 e. The van der Waals surface area contributed by atoms with Crippen LogP contribution >= 0.6 is 0 Å². The number of rotatable bonds is 8. The van der Waals surface area contributed by atoms with Gasteiger partial charge in [0.05, 0.1) is 18.5 Å². The lowest BCUT2D eigenvalue weighted by atomic mass is 10.2. The molecule has 0 saturated heterocycles. The van der Waals surface area contributed by atoms with Crippen LogP contribution in [0, 0.1) is 0 Å². The van der Waals surface area contributed by atoms with E-state index in [2.05, 4.69) is 21.2 Å². The number of benzene rings is 2. The lowest BCUT2D eigenvalue weighted by molar-refractivity contribution is -0.132. The fourth-order valence-electron chi connectivity index (χ4n) is 2.71. The lowest BCUT2D eigenvalue weighted by Gasteiger charge is -2.15. The number of aromatic nitrogens is 3. The number of carbonyl (C=O) groups is 2. The molecule has 3 rings (SSSR count). The molecule has 1 unspecified atom stereocenters. The first kappa shape index (κ1) is 21.8. The summed E-state index contributed by atoms with van der Waals surface area (Å²) in [6, 6.07) is 13.7. The van der Waals surface area contributed by atoms with Crippen molar-refractivity contribution in [1.29, 1.82) is 0 Å². The minimum atomic E-state index is -0.841. The van der Waals surface area contributed by atoms with Gasteiger partial charge in [0, 0.05) is 6.42 Å². The first-order valence-electron chi connectivity index (χ1n) is 9.78. The summed E-state index contributed by atoms with van der Waals surface area (Å²) in [5.74, 6) is 0.189. The Kier molecular flexibility index (Phi) is 7.15. The molecule has 0 aliphatic heterocycles. The van der Waals surface area contributed by atoms with Crippen LogP contribution in [0.3, 0.4) is 0 Å². The summed E-state index contributed by atoms with van der Waals surface area (Å²) in [5.41, 5.74) is 4.76. The molecule has 3 aromatic rings. The Morgan fingerprint density at radius 2 is 1.77 bits per heavy atom. The van der Waals surface area contributed by atoms with Gasteiger partial charge in [-0.3, -0.25) is 25.2 Å². The van der Waals surface area contributed by atoms with Gasteiger partial charge >= 0.3 is 0 Å². The molecule has 0 radical (unpaired) electrons. The molecule has 0 bridgehead atoms. The molecule has 2 amide bonds. The maximum absolute atomic E-state index is 12.4. The van der Waals surface area contributed by atoms with Crippen molar-refractivity contribution in [3.05, 3.63) is 58.9 Å². The fraction of sp³-hybridized carbons (Fsp3) is 0.286. The zero-order valence-electron chi connectivity index (χ0n) is 17.2. The Balaban J connectivity index is 1.46. The second-order valence-electron chi connectivity index (χ2n) is 6.59. The maximum atomic E-state index is 12.4. The van der Waals surface area contributed by atoms with Crippen LogP contribution in [0.1, 0.15) is 20.3 Å². The molecular weight excluding hydrogens is 402 g/mol. The monoisotopic (exact) mass is 425 g/mol. The number of nitrogens with one attached hydrogen (secondary N) is 2. The van der Waals surface area contributed by atoms with E-state index in [0.29, 0.717) is 29.0 Å². The summed E-state index contributed by atoms with van der Waals surface area (Å²) in [5, 5.41) is 8.21. The highest BCUT2D eigenvalue weighted by Gasteiger charge is 2.16. The second-order valence-corrected chi connectivity index (χ2v) is 6.59. The summed E-state index contributed by atoms with van der Waals surface area (Å²) < 4.78 is 12.0. The van der Waals surface area contributed by atoms with Gasteiger partial charge in [-0.25, -0.2) is 4.68 Å². The number of ether oxygens (including phenoxy) is 2. The summed E-state index contributed by atoms with van der Waals surface area (Å²) in [7, 11) is 0. The van der Waals surface area contributed by atoms with E-state index in [1.807, 2.05) is 6.92 Å². The Bertz CT molecular complexity index is 1110. The predicted molar refractivity (Wildman–Crippen MR) is 112 cm³/mol. The molecule has 0 fully saturated rings. The summed E-state index contributed by atoms with van der Waals surface area (Å²) in [6.45, 7) is 4.03. The molecule has 162 valence electrons. The molecule has 0 aliphatic carbocycles. The number of carbonyl (C=O) groups excluding carboxylic acids is 2. The van der Waals surface area contributed by atoms with E-state index < -0.39 is 17.9 Å². The zero-order chi connectivity index (χ0) is 22.2. The molecule has 10 nitrogen and oxygen atoms in total. The van der Waals surface area contributed by atoms with Crippen molar-refractivity contribution < 1.29 is 19.1 Å². The molecular formula is C21H23N5O5. The lowest BCUT2D eigenvalue weighted by Crippen LogP contribution is -2.47. The molecule has 2 N–H and O–H groups in total. The molecule has 2 aromatic carbocycles. The van der Waals surface area contributed by atoms with Gasteiger partial charge in [-0.2, -0.15) is 0 Å². The number of fused-ring (bicyclic) bond motifs is 1. The first-order chi connectivity index (χ1) is 15.0. The Morgan fingerprint density at radius 3 is 2.52 bits per heavy atom. The SMILES string of the molecule is CCOc1ccc(OC(C)C(=O)NNC(=O)CCn2nnc3ccccc3c2=O)cc1. The number of nitrogens with zero attached hydrogens (tertiary/aromatic N) is 3. The van der Waals surface area contributed by atoms with Gasteiger partial charge in [0.2, 0.25) is 5.91 Å². The van der Waals surface area contributed by atoms with Crippen LogP contribution in [0.25, 0.3) is 10.9 Å². The number of hydrogen-bond donors (Lipinski definition) is 2. The van der Waals surface area contributed by atoms with Crippen LogP contribution < -0.4 is 25.9 Å². The molecule has 1 atom stereocenters. The molecule has 1 aromatic heterocycles. The number of hydrogen-bond acceptors (Lipinski definition) is 7. The van der Waals surface area contributed by atoms with E-state index in [-0.39, 0.29) is 18.5 Å². The third kappa shape index (κ3) is 5.78. The van der Waals surface area contributed by atoms with Gasteiger partial charge < -0.3 is 9.47 Å². The highest BCUT2D eigenvalue weighted by Crippen LogP contribution is 2.18. The van der Waals surface area contributed by atoms with Crippen LogP contribution in [0.4, 0.5) is 0 Å². The number of aryl methyl sites for hydroxylation is 1. The van der Waals surface area contributed by atoms with Crippen LogP contribution in [0.5, 0.6) is 11.5 Å². The maximum Gasteiger partial charge on any atom is 0.279 e. The average Bonchev–Trinajstić information content (AvgIpc) is 2.78. The van der Waals surface area contributed by atoms with Crippen molar-refractivity contribution in [3.8, 4) is 11.5 Å². The summed E-state index contributed by atoms with van der Waals surface area (Å²) >= 11 is 0. The third-order valence-corrected chi connectivity index (χ3v) is 4.32. The highest BCUT2D eigenvalue weighted by molar-refractivity contribution is 5.84. The summed E-state index contributed by atoms with van der Waals surface area (Å²) in [4.78, 5) is 36.5. The van der Waals surface area contributed by atoms with Crippen molar-refractivity contribution in [2.24, 2.45) is 0 Å². The van der Waals surface area contributed by atoms with Gasteiger partial charge in [0.25, 0.3) is 11.5 Å². The minimum absolute atomic E-state index is 0.0244. The summed E-state index contributed by atoms with van der Waals surface area (Å²) in [6.07, 6.45) is -0.909. The fourth-order valence-corrected chi connectivity index (χ4v) is 2.71. The van der Waals surface area contributed by atoms with Gasteiger partial charge in [0.1, 0.15) is 17.0 Å². The van der Waals surface area contributed by atoms with Gasteiger partial charge in [-0.05, 0) is 50.2 Å². The minimum Gasteiger partial charge on any atom is -0.494 e. The van der Waals surface area contributed by atoms with Crippen LogP contribution in [0.15, 0.2) is 53.3 Å². The van der Waals surface area contributed by atoms with Gasteiger partial charge in [0.15, 0.2) is 6.10 Å². The predicted octanol–water partition coefficient (Wildman–Crippen LogP) is 1.20. The zero-order valence-corrected chi connectivity index (χ0v) is 17.2. The van der Waals surface area contributed by atoms with E-state index in [0.717, 1.165) is 4.68 Å². The number of amides is 2. The van der Waals surface area contributed by atoms with E-state index in [4.69, 9.17) is 9.47 Å². The van der Waals surface area contributed by atoms with E-state index >= 15 is 0 Å². The molecule has 31 heavy (non-hydrogen) atoms. The van der Waals surface area contributed by atoms with Crippen molar-refractivity contribution in [2.45, 2.75) is 32.9 Å². The smallest absolute Gasteiger partial charge is 0.279 e. The van der Waals surface area contributed by atoms with Gasteiger partial charge in [-0.15, -0.1) is 5.10 Å². The quantitative estimate of drug-likeness (QED) is 0.520. The van der Waals surface area contributed by atoms with E-state index in [1.165, 1.54) is 0 Å². The van der Waals surface area contributed by atoms with Crippen LogP contribution in [-0.4, -0.2) is 39.5 Å². The molecule has 10 heteroatoms. The molecule has 0 aliphatic rings. The molecule has 0 saturated carbocycles. The Labute approximate surface area is 178 Å². The topological polar surface area (TPSA) is 124 Å². The van der Waals surface area contributed by atoms with E-state index in [9.17, 15) is 14.4 Å². The van der Waals surface area contributed by atoms with Crippen molar-refractivity contribution in [1.82, 2.24) is 25.8 Å². The highest BCUT2D eigenvalue weighted by atomic mass is 16.5.